The fourth-order valence-corrected chi connectivity index (χ4v) is 3.62. The summed E-state index contributed by atoms with van der Waals surface area (Å²) in [6.45, 7) is 8.72. The lowest BCUT2D eigenvalue weighted by atomic mass is 9.99. The smallest absolute Gasteiger partial charge is 0.0744 e. The molecule has 0 bridgehead atoms. The predicted molar refractivity (Wildman–Crippen MR) is 133 cm³/mol. The number of rotatable bonds is 8. The van der Waals surface area contributed by atoms with Crippen LogP contribution in [0.15, 0.2) is 48.5 Å². The van der Waals surface area contributed by atoms with Crippen molar-refractivity contribution in [3.63, 3.8) is 0 Å². The summed E-state index contributed by atoms with van der Waals surface area (Å²) < 4.78 is 0. The zero-order valence-corrected chi connectivity index (χ0v) is 19.6. The molecule has 0 radical (unpaired) electrons. The van der Waals surface area contributed by atoms with Gasteiger partial charge in [0.25, 0.3) is 0 Å². The Labute approximate surface area is 189 Å². The third-order valence-electron chi connectivity index (χ3n) is 5.26. The predicted octanol–water partition coefficient (Wildman–Crippen LogP) is 7.24. The molecule has 2 aromatic carbocycles. The Morgan fingerprint density at radius 1 is 1.07 bits per heavy atom. The van der Waals surface area contributed by atoms with Gasteiger partial charge in [0.05, 0.1) is 11.2 Å². The minimum atomic E-state index is -0.0684. The second-order valence-corrected chi connectivity index (χ2v) is 9.11. The first-order valence-corrected chi connectivity index (χ1v) is 11.0. The Bertz CT molecular complexity index is 1040. The molecule has 0 aliphatic heterocycles. The average Bonchev–Trinajstić information content (AvgIpc) is 2.71. The quantitative estimate of drug-likeness (QED) is 0.398. The third-order valence-corrected chi connectivity index (χ3v) is 5.84. The lowest BCUT2D eigenvalue weighted by Crippen LogP contribution is -2.35. The molecule has 0 aliphatic carbocycles. The van der Waals surface area contributed by atoms with Crippen LogP contribution >= 0.6 is 23.2 Å². The molecule has 1 N–H and O–H groups in total. The molecule has 30 heavy (non-hydrogen) atoms. The maximum atomic E-state index is 6.29. The molecule has 3 rings (SSSR count). The number of nitrogens with one attached hydrogen (secondary N) is 1. The van der Waals surface area contributed by atoms with Crippen molar-refractivity contribution in [1.82, 2.24) is 9.88 Å². The van der Waals surface area contributed by atoms with Gasteiger partial charge in [-0.3, -0.25) is 0 Å². The molecule has 1 heterocycles. The van der Waals surface area contributed by atoms with Crippen molar-refractivity contribution < 1.29 is 0 Å². The molecule has 0 saturated carbocycles. The molecular formula is C25H29Cl2N3. The Balaban J connectivity index is 1.95. The highest BCUT2D eigenvalue weighted by molar-refractivity contribution is 6.32. The van der Waals surface area contributed by atoms with E-state index in [9.17, 15) is 0 Å². The summed E-state index contributed by atoms with van der Waals surface area (Å²) in [6, 6.07) is 15.7. The number of halogens is 2. The van der Waals surface area contributed by atoms with E-state index in [1.807, 2.05) is 54.6 Å². The summed E-state index contributed by atoms with van der Waals surface area (Å²) in [6.07, 6.45) is 5.01. The minimum Gasteiger partial charge on any atom is -0.380 e. The van der Waals surface area contributed by atoms with Crippen molar-refractivity contribution >= 4 is 51.9 Å². The van der Waals surface area contributed by atoms with Gasteiger partial charge >= 0.3 is 0 Å². The number of hydrogen-bond donors (Lipinski definition) is 1. The van der Waals surface area contributed by atoms with Gasteiger partial charge in [0.2, 0.25) is 0 Å². The van der Waals surface area contributed by atoms with Crippen molar-refractivity contribution in [1.29, 1.82) is 0 Å². The van der Waals surface area contributed by atoms with Crippen LogP contribution in [0.2, 0.25) is 10.0 Å². The van der Waals surface area contributed by atoms with E-state index >= 15 is 0 Å². The molecule has 0 amide bonds. The van der Waals surface area contributed by atoms with Gasteiger partial charge in [-0.2, -0.15) is 0 Å². The first-order valence-electron chi connectivity index (χ1n) is 10.3. The fourth-order valence-electron chi connectivity index (χ4n) is 3.25. The maximum absolute atomic E-state index is 6.29. The minimum absolute atomic E-state index is 0.0684. The number of hydrogen-bond acceptors (Lipinski definition) is 3. The summed E-state index contributed by atoms with van der Waals surface area (Å²) in [5.74, 6) is 0. The van der Waals surface area contributed by atoms with Crippen LogP contribution in [0.25, 0.3) is 23.1 Å². The average molecular weight is 442 g/mol. The number of nitrogens with zero attached hydrogens (tertiary/aromatic N) is 2. The van der Waals surface area contributed by atoms with Crippen molar-refractivity contribution in [2.24, 2.45) is 0 Å². The molecule has 1 aromatic heterocycles. The molecule has 0 saturated heterocycles. The van der Waals surface area contributed by atoms with Crippen LogP contribution in [0, 0.1) is 0 Å². The van der Waals surface area contributed by atoms with Crippen LogP contribution in [-0.2, 0) is 0 Å². The standard InChI is InChI=1S/C25H29Cl2N3/c1-5-30(4)15-14-25(2,3)29-24-17-20(12-10-18-8-6-7-9-22(18)27)28-23-16-19(26)11-13-21(23)24/h6-13,16-17H,5,14-15H2,1-4H3,(H,28,29). The third kappa shape index (κ3) is 5.98. The first-order chi connectivity index (χ1) is 14.3. The number of aromatic nitrogens is 1. The molecule has 3 nitrogen and oxygen atoms in total. The van der Waals surface area contributed by atoms with Crippen LogP contribution in [0.5, 0.6) is 0 Å². The number of anilines is 1. The van der Waals surface area contributed by atoms with Gasteiger partial charge in [-0.05, 0) is 75.8 Å². The SMILES string of the molecule is CCN(C)CCC(C)(C)Nc1cc(C=Cc2ccccc2Cl)nc2cc(Cl)ccc12. The van der Waals surface area contributed by atoms with E-state index in [1.165, 1.54) is 0 Å². The highest BCUT2D eigenvalue weighted by atomic mass is 35.5. The van der Waals surface area contributed by atoms with Crippen LogP contribution in [0.3, 0.4) is 0 Å². The van der Waals surface area contributed by atoms with Crippen LogP contribution in [-0.4, -0.2) is 35.6 Å². The summed E-state index contributed by atoms with van der Waals surface area (Å²) in [5, 5.41) is 6.20. The number of benzene rings is 2. The van der Waals surface area contributed by atoms with E-state index in [2.05, 4.69) is 44.1 Å². The Hall–Kier alpha value is -2.07. The van der Waals surface area contributed by atoms with Crippen molar-refractivity contribution in [2.45, 2.75) is 32.7 Å². The van der Waals surface area contributed by atoms with E-state index in [-0.39, 0.29) is 5.54 Å². The van der Waals surface area contributed by atoms with Gasteiger partial charge in [0, 0.05) is 33.2 Å². The van der Waals surface area contributed by atoms with E-state index in [1.54, 1.807) is 0 Å². The first kappa shape index (κ1) is 22.6. The highest BCUT2D eigenvalue weighted by Crippen LogP contribution is 2.30. The molecule has 0 fully saturated rings. The van der Waals surface area contributed by atoms with Crippen LogP contribution in [0.4, 0.5) is 5.69 Å². The van der Waals surface area contributed by atoms with Crippen LogP contribution < -0.4 is 5.32 Å². The van der Waals surface area contributed by atoms with Crippen molar-refractivity contribution in [3.05, 3.63) is 69.8 Å². The largest absolute Gasteiger partial charge is 0.380 e. The topological polar surface area (TPSA) is 28.2 Å². The zero-order valence-electron chi connectivity index (χ0n) is 18.0. The maximum Gasteiger partial charge on any atom is 0.0744 e. The number of fused-ring (bicyclic) bond motifs is 1. The Morgan fingerprint density at radius 3 is 2.57 bits per heavy atom. The second-order valence-electron chi connectivity index (χ2n) is 8.27. The lowest BCUT2D eigenvalue weighted by Gasteiger charge is -2.30. The lowest BCUT2D eigenvalue weighted by molar-refractivity contribution is 0.317. The molecule has 5 heteroatoms. The van der Waals surface area contributed by atoms with E-state index < -0.39 is 0 Å². The van der Waals surface area contributed by atoms with Crippen LogP contribution in [0.1, 0.15) is 38.4 Å². The van der Waals surface area contributed by atoms with Gasteiger partial charge in [0.1, 0.15) is 0 Å². The van der Waals surface area contributed by atoms with Gasteiger partial charge in [-0.15, -0.1) is 0 Å². The molecule has 0 atom stereocenters. The molecule has 0 spiro atoms. The molecule has 3 aromatic rings. The second kappa shape index (κ2) is 9.82. The molecular weight excluding hydrogens is 413 g/mol. The van der Waals surface area contributed by atoms with Gasteiger partial charge in [-0.1, -0.05) is 54.4 Å². The van der Waals surface area contributed by atoms with Gasteiger partial charge in [-0.25, -0.2) is 4.98 Å². The fraction of sp³-hybridized carbons (Fsp3) is 0.320. The monoisotopic (exact) mass is 441 g/mol. The zero-order chi connectivity index (χ0) is 21.7. The Morgan fingerprint density at radius 2 is 1.83 bits per heavy atom. The molecule has 158 valence electrons. The van der Waals surface area contributed by atoms with Crippen molar-refractivity contribution in [3.8, 4) is 0 Å². The van der Waals surface area contributed by atoms with E-state index in [0.717, 1.165) is 52.4 Å². The van der Waals surface area contributed by atoms with E-state index in [0.29, 0.717) is 5.02 Å². The van der Waals surface area contributed by atoms with E-state index in [4.69, 9.17) is 28.2 Å². The Kier molecular flexibility index (Phi) is 7.41. The van der Waals surface area contributed by atoms with Gasteiger partial charge < -0.3 is 10.2 Å². The number of pyridine rings is 1. The summed E-state index contributed by atoms with van der Waals surface area (Å²) >= 11 is 12.5. The molecule has 0 unspecified atom stereocenters. The summed E-state index contributed by atoms with van der Waals surface area (Å²) in [5.41, 5.74) is 3.67. The van der Waals surface area contributed by atoms with Crippen molar-refractivity contribution in [2.75, 3.05) is 25.5 Å². The summed E-state index contributed by atoms with van der Waals surface area (Å²) in [7, 11) is 2.15. The highest BCUT2D eigenvalue weighted by Gasteiger charge is 2.19. The normalized spacial score (nSPS) is 12.2. The van der Waals surface area contributed by atoms with Gasteiger partial charge in [0.15, 0.2) is 0 Å². The molecule has 0 aliphatic rings. The summed E-state index contributed by atoms with van der Waals surface area (Å²) in [4.78, 5) is 7.12.